The van der Waals surface area contributed by atoms with Crippen LogP contribution in [0.3, 0.4) is 0 Å². The van der Waals surface area contributed by atoms with E-state index in [1.54, 1.807) is 11.3 Å². The lowest BCUT2D eigenvalue weighted by atomic mass is 10.2. The Balaban J connectivity index is 1.93. The summed E-state index contributed by atoms with van der Waals surface area (Å²) in [6, 6.07) is 5.99. The fraction of sp³-hybridized carbons (Fsp3) is 0.250. The van der Waals surface area contributed by atoms with Gasteiger partial charge in [-0.05, 0) is 51.6 Å². The number of hydrogen-bond donors (Lipinski definition) is 0. The van der Waals surface area contributed by atoms with Crippen molar-refractivity contribution < 1.29 is 0 Å². The number of nitrogens with zero attached hydrogens (tertiary/aromatic N) is 2. The van der Waals surface area contributed by atoms with Crippen molar-refractivity contribution in [3.05, 3.63) is 49.8 Å². The Kier molecular flexibility index (Phi) is 4.56. The predicted octanol–water partition coefficient (Wildman–Crippen LogP) is 4.19. The Morgan fingerprint density at radius 3 is 2.71 bits per heavy atom. The molecule has 0 saturated carbocycles. The van der Waals surface area contributed by atoms with E-state index in [0.717, 1.165) is 13.1 Å². The summed E-state index contributed by atoms with van der Waals surface area (Å²) in [6.07, 6.45) is 1.82. The lowest BCUT2D eigenvalue weighted by Crippen LogP contribution is -2.16. The standard InChI is InChI=1S/C12H12BrClN2S/c1-16(7-10-4-11(13)17-8-10)6-9-2-3-12(14)15-5-9/h2-5,8H,6-7H2,1H3. The molecule has 2 rings (SSSR count). The van der Waals surface area contributed by atoms with Crippen molar-refractivity contribution in [1.82, 2.24) is 9.88 Å². The molecule has 0 aromatic carbocycles. The van der Waals surface area contributed by atoms with Gasteiger partial charge in [-0.25, -0.2) is 4.98 Å². The van der Waals surface area contributed by atoms with Crippen molar-refractivity contribution in [3.8, 4) is 0 Å². The van der Waals surface area contributed by atoms with Gasteiger partial charge in [0.05, 0.1) is 3.79 Å². The summed E-state index contributed by atoms with van der Waals surface area (Å²) in [4.78, 5) is 6.33. The second-order valence-electron chi connectivity index (χ2n) is 3.92. The van der Waals surface area contributed by atoms with Crippen LogP contribution in [0, 0.1) is 0 Å². The third-order valence-corrected chi connectivity index (χ3v) is 4.09. The fourth-order valence-electron chi connectivity index (χ4n) is 1.61. The van der Waals surface area contributed by atoms with Gasteiger partial charge in [0.25, 0.3) is 0 Å². The Bertz CT molecular complexity index is 484. The normalized spacial score (nSPS) is 11.1. The molecule has 0 bridgehead atoms. The maximum Gasteiger partial charge on any atom is 0.129 e. The number of thiophene rings is 1. The quantitative estimate of drug-likeness (QED) is 0.781. The average molecular weight is 332 g/mol. The molecule has 0 radical (unpaired) electrons. The van der Waals surface area contributed by atoms with Crippen LogP contribution < -0.4 is 0 Å². The maximum atomic E-state index is 5.75. The molecule has 0 N–H and O–H groups in total. The maximum absolute atomic E-state index is 5.75. The lowest BCUT2D eigenvalue weighted by Gasteiger charge is -2.15. The fourth-order valence-corrected chi connectivity index (χ4v) is 2.92. The van der Waals surface area contributed by atoms with Crippen molar-refractivity contribution in [2.24, 2.45) is 0 Å². The van der Waals surface area contributed by atoms with Crippen LogP contribution in [0.1, 0.15) is 11.1 Å². The lowest BCUT2D eigenvalue weighted by molar-refractivity contribution is 0.319. The Hall–Kier alpha value is -0.420. The molecule has 0 atom stereocenters. The molecular formula is C12H12BrClN2S. The van der Waals surface area contributed by atoms with E-state index in [9.17, 15) is 0 Å². The van der Waals surface area contributed by atoms with Gasteiger partial charge < -0.3 is 0 Å². The highest BCUT2D eigenvalue weighted by Crippen LogP contribution is 2.21. The molecular weight excluding hydrogens is 320 g/mol. The SMILES string of the molecule is CN(Cc1ccc(Cl)nc1)Cc1csc(Br)c1. The van der Waals surface area contributed by atoms with Crippen molar-refractivity contribution in [2.45, 2.75) is 13.1 Å². The summed E-state index contributed by atoms with van der Waals surface area (Å²) >= 11 is 10.9. The highest BCUT2D eigenvalue weighted by atomic mass is 79.9. The minimum absolute atomic E-state index is 0.540. The highest BCUT2D eigenvalue weighted by Gasteiger charge is 2.04. The molecule has 2 nitrogen and oxygen atoms in total. The average Bonchev–Trinajstić information content (AvgIpc) is 2.67. The molecule has 17 heavy (non-hydrogen) atoms. The highest BCUT2D eigenvalue weighted by molar-refractivity contribution is 9.11. The summed E-state index contributed by atoms with van der Waals surface area (Å²) in [5.74, 6) is 0. The largest absolute Gasteiger partial charge is 0.298 e. The van der Waals surface area contributed by atoms with E-state index in [2.05, 4.69) is 44.3 Å². The zero-order chi connectivity index (χ0) is 12.3. The molecule has 2 heterocycles. The molecule has 0 amide bonds. The molecule has 0 unspecified atom stereocenters. The number of halogens is 2. The van der Waals surface area contributed by atoms with Crippen LogP contribution in [-0.4, -0.2) is 16.9 Å². The van der Waals surface area contributed by atoms with Crippen molar-refractivity contribution in [3.63, 3.8) is 0 Å². The van der Waals surface area contributed by atoms with E-state index in [-0.39, 0.29) is 0 Å². The zero-order valence-electron chi connectivity index (χ0n) is 9.36. The smallest absolute Gasteiger partial charge is 0.129 e. The monoisotopic (exact) mass is 330 g/mol. The second-order valence-corrected chi connectivity index (χ2v) is 6.60. The van der Waals surface area contributed by atoms with Crippen molar-refractivity contribution >= 4 is 38.9 Å². The molecule has 0 aliphatic heterocycles. The summed E-state index contributed by atoms with van der Waals surface area (Å²) < 4.78 is 1.18. The molecule has 2 aromatic rings. The van der Waals surface area contributed by atoms with Gasteiger partial charge in [0.2, 0.25) is 0 Å². The summed E-state index contributed by atoms with van der Waals surface area (Å²) in [7, 11) is 2.10. The first-order valence-corrected chi connectivity index (χ1v) is 7.20. The number of aromatic nitrogens is 1. The predicted molar refractivity (Wildman–Crippen MR) is 76.4 cm³/mol. The van der Waals surface area contributed by atoms with Crippen LogP contribution in [0.4, 0.5) is 0 Å². The molecule has 2 aromatic heterocycles. The van der Waals surface area contributed by atoms with Gasteiger partial charge >= 0.3 is 0 Å². The van der Waals surface area contributed by atoms with E-state index in [1.165, 1.54) is 14.9 Å². The summed E-state index contributed by atoms with van der Waals surface area (Å²) in [6.45, 7) is 1.81. The molecule has 0 aliphatic carbocycles. The van der Waals surface area contributed by atoms with E-state index >= 15 is 0 Å². The number of hydrogen-bond acceptors (Lipinski definition) is 3. The third-order valence-electron chi connectivity index (χ3n) is 2.32. The summed E-state index contributed by atoms with van der Waals surface area (Å²) in [5.41, 5.74) is 2.50. The van der Waals surface area contributed by atoms with Crippen molar-refractivity contribution in [2.75, 3.05) is 7.05 Å². The van der Waals surface area contributed by atoms with Gasteiger partial charge in [0.1, 0.15) is 5.15 Å². The van der Waals surface area contributed by atoms with Crippen LogP contribution >= 0.6 is 38.9 Å². The van der Waals surface area contributed by atoms with E-state index in [0.29, 0.717) is 5.15 Å². The Labute approximate surface area is 118 Å². The van der Waals surface area contributed by atoms with Gasteiger partial charge in [0, 0.05) is 19.3 Å². The zero-order valence-corrected chi connectivity index (χ0v) is 12.5. The van der Waals surface area contributed by atoms with Gasteiger partial charge in [-0.15, -0.1) is 11.3 Å². The van der Waals surface area contributed by atoms with E-state index < -0.39 is 0 Å². The first kappa shape index (κ1) is 13.0. The minimum atomic E-state index is 0.540. The van der Waals surface area contributed by atoms with Gasteiger partial charge in [-0.1, -0.05) is 17.7 Å². The van der Waals surface area contributed by atoms with Crippen LogP contribution in [0.2, 0.25) is 5.15 Å². The molecule has 0 saturated heterocycles. The first-order chi connectivity index (χ1) is 8.13. The van der Waals surface area contributed by atoms with Crippen LogP contribution in [-0.2, 0) is 13.1 Å². The molecule has 5 heteroatoms. The second kappa shape index (κ2) is 5.96. The molecule has 0 spiro atoms. The van der Waals surface area contributed by atoms with Crippen LogP contribution in [0.5, 0.6) is 0 Å². The minimum Gasteiger partial charge on any atom is -0.298 e. The first-order valence-electron chi connectivity index (χ1n) is 5.15. The van der Waals surface area contributed by atoms with Gasteiger partial charge in [0.15, 0.2) is 0 Å². The molecule has 0 fully saturated rings. The summed E-state index contributed by atoms with van der Waals surface area (Å²) in [5, 5.41) is 2.71. The molecule has 0 aliphatic rings. The van der Waals surface area contributed by atoms with Gasteiger partial charge in [-0.3, -0.25) is 4.90 Å². The van der Waals surface area contributed by atoms with E-state index in [1.807, 2.05) is 18.3 Å². The topological polar surface area (TPSA) is 16.1 Å². The van der Waals surface area contributed by atoms with Crippen molar-refractivity contribution in [1.29, 1.82) is 0 Å². The van der Waals surface area contributed by atoms with Gasteiger partial charge in [-0.2, -0.15) is 0 Å². The molecule has 90 valence electrons. The van der Waals surface area contributed by atoms with Crippen LogP contribution in [0.25, 0.3) is 0 Å². The number of pyridine rings is 1. The van der Waals surface area contributed by atoms with E-state index in [4.69, 9.17) is 11.6 Å². The van der Waals surface area contributed by atoms with Crippen LogP contribution in [0.15, 0.2) is 33.6 Å². The Morgan fingerprint density at radius 1 is 1.35 bits per heavy atom. The number of rotatable bonds is 4. The third kappa shape index (κ3) is 4.07. The Morgan fingerprint density at radius 2 is 2.12 bits per heavy atom.